The third-order valence-corrected chi connectivity index (χ3v) is 6.48. The molecule has 0 saturated carbocycles. The number of nitrogens with zero attached hydrogens (tertiary/aromatic N) is 1. The highest BCUT2D eigenvalue weighted by Gasteiger charge is 2.24. The number of nitrogens with one attached hydrogen (secondary N) is 2. The normalized spacial score (nSPS) is 11.0. The zero-order valence-electron chi connectivity index (χ0n) is 19.5. The van der Waals surface area contributed by atoms with Crippen LogP contribution < -0.4 is 14.9 Å². The van der Waals surface area contributed by atoms with Crippen LogP contribution in [0.1, 0.15) is 27.0 Å². The maximum Gasteiger partial charge on any atom is 0.253 e. The van der Waals surface area contributed by atoms with Crippen LogP contribution in [-0.2, 0) is 21.2 Å². The summed E-state index contributed by atoms with van der Waals surface area (Å²) in [7, 11) is -3.72. The van der Waals surface area contributed by atoms with Crippen molar-refractivity contribution in [2.75, 3.05) is 29.0 Å². The van der Waals surface area contributed by atoms with Gasteiger partial charge in [0.2, 0.25) is 15.9 Å². The first-order valence-electron chi connectivity index (χ1n) is 10.9. The number of para-hydroxylation sites is 2. The average Bonchev–Trinajstić information content (AvgIpc) is 2.78. The second-order valence-electron chi connectivity index (χ2n) is 8.10. The molecule has 34 heavy (non-hydrogen) atoms. The van der Waals surface area contributed by atoms with Crippen molar-refractivity contribution in [2.45, 2.75) is 20.3 Å². The lowest BCUT2D eigenvalue weighted by molar-refractivity contribution is -0.114. The van der Waals surface area contributed by atoms with Gasteiger partial charge in [0, 0.05) is 6.54 Å². The van der Waals surface area contributed by atoms with Crippen molar-refractivity contribution in [1.29, 1.82) is 0 Å². The molecule has 0 aliphatic carbocycles. The van der Waals surface area contributed by atoms with Gasteiger partial charge in [0.25, 0.3) is 5.91 Å². The first-order chi connectivity index (χ1) is 16.2. The molecular formula is C26H29N3O4S. The second-order valence-corrected chi connectivity index (χ2v) is 10.0. The fraction of sp³-hybridized carbons (Fsp3) is 0.231. The maximum atomic E-state index is 12.9. The van der Waals surface area contributed by atoms with Crippen LogP contribution in [0, 0.1) is 13.8 Å². The molecule has 3 rings (SSSR count). The van der Waals surface area contributed by atoms with Crippen LogP contribution in [0.5, 0.6) is 0 Å². The summed E-state index contributed by atoms with van der Waals surface area (Å²) in [6, 6.07) is 21.9. The highest BCUT2D eigenvalue weighted by molar-refractivity contribution is 7.92. The van der Waals surface area contributed by atoms with Gasteiger partial charge in [0.1, 0.15) is 6.54 Å². The van der Waals surface area contributed by atoms with Gasteiger partial charge in [-0.25, -0.2) is 8.42 Å². The summed E-state index contributed by atoms with van der Waals surface area (Å²) in [6.07, 6.45) is 1.75. The van der Waals surface area contributed by atoms with Gasteiger partial charge in [-0.3, -0.25) is 13.9 Å². The molecule has 0 spiro atoms. The molecule has 7 nitrogen and oxygen atoms in total. The summed E-state index contributed by atoms with van der Waals surface area (Å²) < 4.78 is 26.1. The Morgan fingerprint density at radius 1 is 0.853 bits per heavy atom. The zero-order valence-corrected chi connectivity index (χ0v) is 20.4. The molecule has 0 heterocycles. The Bertz CT molecular complexity index is 1250. The van der Waals surface area contributed by atoms with E-state index in [-0.39, 0.29) is 5.91 Å². The standard InChI is InChI=1S/C26H29N3O4S/c1-19-10-9-11-20(2)25(19)29(34(3,32)33)18-24(30)28-23-15-8-7-14-22(23)26(31)27-17-16-21-12-5-4-6-13-21/h4-15H,16-18H2,1-3H3,(H,27,31)(H,28,30). The molecule has 0 saturated heterocycles. The van der Waals surface area contributed by atoms with Gasteiger partial charge >= 0.3 is 0 Å². The quantitative estimate of drug-likeness (QED) is 0.489. The Kier molecular flexibility index (Phi) is 8.07. The molecule has 178 valence electrons. The molecule has 0 aliphatic heterocycles. The Morgan fingerprint density at radius 3 is 2.12 bits per heavy atom. The number of carbonyl (C=O) groups excluding carboxylic acids is 2. The number of rotatable bonds is 9. The molecule has 2 N–H and O–H groups in total. The van der Waals surface area contributed by atoms with E-state index in [0.29, 0.717) is 29.9 Å². The number of hydrogen-bond donors (Lipinski definition) is 2. The smallest absolute Gasteiger partial charge is 0.253 e. The highest BCUT2D eigenvalue weighted by atomic mass is 32.2. The molecule has 2 amide bonds. The van der Waals surface area contributed by atoms with Crippen molar-refractivity contribution in [3.8, 4) is 0 Å². The van der Waals surface area contributed by atoms with E-state index < -0.39 is 22.5 Å². The van der Waals surface area contributed by atoms with Crippen molar-refractivity contribution in [2.24, 2.45) is 0 Å². The van der Waals surface area contributed by atoms with E-state index in [1.165, 1.54) is 0 Å². The summed E-state index contributed by atoms with van der Waals surface area (Å²) in [6.45, 7) is 3.63. The Hall–Kier alpha value is -3.65. The third kappa shape index (κ3) is 6.45. The average molecular weight is 480 g/mol. The number of sulfonamides is 1. The fourth-order valence-electron chi connectivity index (χ4n) is 3.73. The molecule has 0 aromatic heterocycles. The molecular weight excluding hydrogens is 450 g/mol. The van der Waals surface area contributed by atoms with Crippen LogP contribution in [0.3, 0.4) is 0 Å². The predicted octanol–water partition coefficient (Wildman–Crippen LogP) is 3.68. The number of hydrogen-bond acceptors (Lipinski definition) is 4. The Labute approximate surface area is 200 Å². The molecule has 0 unspecified atom stereocenters. The number of anilines is 2. The minimum atomic E-state index is -3.72. The maximum absolute atomic E-state index is 12.9. The van der Waals surface area contributed by atoms with Crippen molar-refractivity contribution in [3.63, 3.8) is 0 Å². The minimum Gasteiger partial charge on any atom is -0.352 e. The van der Waals surface area contributed by atoms with E-state index in [9.17, 15) is 18.0 Å². The van der Waals surface area contributed by atoms with Gasteiger partial charge in [-0.15, -0.1) is 0 Å². The van der Waals surface area contributed by atoms with Crippen LogP contribution >= 0.6 is 0 Å². The van der Waals surface area contributed by atoms with Crippen LogP contribution in [0.25, 0.3) is 0 Å². The Morgan fingerprint density at radius 2 is 1.47 bits per heavy atom. The fourth-order valence-corrected chi connectivity index (χ4v) is 4.70. The highest BCUT2D eigenvalue weighted by Crippen LogP contribution is 2.27. The van der Waals surface area contributed by atoms with Crippen molar-refractivity contribution >= 4 is 33.2 Å². The van der Waals surface area contributed by atoms with Gasteiger partial charge in [-0.1, -0.05) is 60.7 Å². The van der Waals surface area contributed by atoms with Gasteiger partial charge < -0.3 is 10.6 Å². The largest absolute Gasteiger partial charge is 0.352 e. The molecule has 3 aromatic rings. The lowest BCUT2D eigenvalue weighted by Gasteiger charge is -2.25. The summed E-state index contributed by atoms with van der Waals surface area (Å²) in [4.78, 5) is 25.7. The van der Waals surface area contributed by atoms with E-state index in [2.05, 4.69) is 10.6 Å². The summed E-state index contributed by atoms with van der Waals surface area (Å²) in [5.41, 5.74) is 3.71. The third-order valence-electron chi connectivity index (χ3n) is 5.36. The molecule has 0 aliphatic rings. The van der Waals surface area contributed by atoms with Crippen LogP contribution in [0.4, 0.5) is 11.4 Å². The molecule has 0 bridgehead atoms. The van der Waals surface area contributed by atoms with Crippen molar-refractivity contribution in [1.82, 2.24) is 5.32 Å². The Balaban J connectivity index is 1.72. The number of carbonyl (C=O) groups is 2. The predicted molar refractivity (Wildman–Crippen MR) is 136 cm³/mol. The van der Waals surface area contributed by atoms with E-state index in [0.717, 1.165) is 27.3 Å². The zero-order chi connectivity index (χ0) is 24.7. The van der Waals surface area contributed by atoms with Crippen LogP contribution in [0.15, 0.2) is 72.8 Å². The first kappa shape index (κ1) is 25.0. The number of benzene rings is 3. The van der Waals surface area contributed by atoms with Crippen molar-refractivity contribution in [3.05, 3.63) is 95.1 Å². The summed E-state index contributed by atoms with van der Waals surface area (Å²) >= 11 is 0. The first-order valence-corrected chi connectivity index (χ1v) is 12.8. The number of aryl methyl sites for hydroxylation is 2. The van der Waals surface area contributed by atoms with Gasteiger partial charge in [-0.2, -0.15) is 0 Å². The second kappa shape index (κ2) is 11.0. The lowest BCUT2D eigenvalue weighted by Crippen LogP contribution is -2.38. The molecule has 0 fully saturated rings. The lowest BCUT2D eigenvalue weighted by atomic mass is 10.1. The van der Waals surface area contributed by atoms with E-state index in [1.807, 2.05) is 36.4 Å². The van der Waals surface area contributed by atoms with E-state index in [4.69, 9.17) is 0 Å². The minimum absolute atomic E-state index is 0.307. The van der Waals surface area contributed by atoms with Crippen LogP contribution in [-0.4, -0.2) is 39.6 Å². The molecule has 0 radical (unpaired) electrons. The molecule has 0 atom stereocenters. The van der Waals surface area contributed by atoms with Gasteiger partial charge in [0.05, 0.1) is 23.2 Å². The molecule has 8 heteroatoms. The monoisotopic (exact) mass is 479 g/mol. The van der Waals surface area contributed by atoms with Gasteiger partial charge in [-0.05, 0) is 49.1 Å². The van der Waals surface area contributed by atoms with Crippen molar-refractivity contribution < 1.29 is 18.0 Å². The van der Waals surface area contributed by atoms with Crippen LogP contribution in [0.2, 0.25) is 0 Å². The SMILES string of the molecule is Cc1cccc(C)c1N(CC(=O)Nc1ccccc1C(=O)NCCc1ccccc1)S(C)(=O)=O. The topological polar surface area (TPSA) is 95.6 Å². The van der Waals surface area contributed by atoms with E-state index in [1.54, 1.807) is 50.2 Å². The van der Waals surface area contributed by atoms with Gasteiger partial charge in [0.15, 0.2) is 0 Å². The molecule has 3 aromatic carbocycles. The summed E-state index contributed by atoms with van der Waals surface area (Å²) in [5.74, 6) is -0.862. The van der Waals surface area contributed by atoms with E-state index >= 15 is 0 Å². The summed E-state index contributed by atoms with van der Waals surface area (Å²) in [5, 5.41) is 5.58. The number of amides is 2.